The van der Waals surface area contributed by atoms with Crippen LogP contribution in [0.5, 0.6) is 0 Å². The molecule has 0 aliphatic carbocycles. The van der Waals surface area contributed by atoms with Crippen molar-refractivity contribution >= 4 is 11.9 Å². The van der Waals surface area contributed by atoms with Gasteiger partial charge < -0.3 is 29.8 Å². The van der Waals surface area contributed by atoms with Crippen molar-refractivity contribution in [2.45, 2.75) is 13.2 Å². The zero-order valence-corrected chi connectivity index (χ0v) is 20.2. The number of hydrogen-bond donors (Lipinski definition) is 3. The number of anilines is 1. The second-order valence-corrected chi connectivity index (χ2v) is 8.55. The predicted octanol–water partition coefficient (Wildman–Crippen LogP) is 3.09. The Morgan fingerprint density at radius 1 is 1.28 bits per heavy atom. The van der Waals surface area contributed by atoms with Gasteiger partial charge in [0.15, 0.2) is 5.82 Å². The highest BCUT2D eigenvalue weighted by molar-refractivity contribution is 5.82. The Hall–Kier alpha value is -3.67. The van der Waals surface area contributed by atoms with E-state index in [0.29, 0.717) is 54.1 Å². The zero-order chi connectivity index (χ0) is 25.5. The van der Waals surface area contributed by atoms with E-state index in [1.54, 1.807) is 44.5 Å². The molecule has 2 aromatic heterocycles. The zero-order valence-electron chi connectivity index (χ0n) is 20.2. The Labute approximate surface area is 208 Å². The fourth-order valence-electron chi connectivity index (χ4n) is 3.63. The first kappa shape index (κ1) is 25.4. The fourth-order valence-corrected chi connectivity index (χ4v) is 3.63. The normalized spacial score (nSPS) is 19.6. The van der Waals surface area contributed by atoms with Crippen LogP contribution in [0.25, 0.3) is 22.6 Å². The number of carbonyl (C=O) groups excluding carboxylic acids is 1. The van der Waals surface area contributed by atoms with E-state index < -0.39 is 11.7 Å². The van der Waals surface area contributed by atoms with Crippen molar-refractivity contribution in [1.29, 1.82) is 0 Å². The summed E-state index contributed by atoms with van der Waals surface area (Å²) in [6, 6.07) is 7.76. The number of rotatable bonds is 10. The van der Waals surface area contributed by atoms with E-state index in [4.69, 9.17) is 19.2 Å². The molecule has 3 N–H and O–H groups in total. The number of imidazole rings is 1. The second kappa shape index (κ2) is 11.4. The number of hydrogen-bond acceptors (Lipinski definition) is 8. The van der Waals surface area contributed by atoms with E-state index >= 15 is 0 Å². The molecule has 0 radical (unpaired) electrons. The molecule has 4 rings (SSSR count). The third-order valence-electron chi connectivity index (χ3n) is 5.63. The molecular formula is C25H29FN6O4. The summed E-state index contributed by atoms with van der Waals surface area (Å²) in [4.78, 5) is 29.3. The Bertz CT molecular complexity index is 1190. The number of carbonyl (C=O) groups is 1. The Morgan fingerprint density at radius 3 is 2.72 bits per heavy atom. The summed E-state index contributed by atoms with van der Waals surface area (Å²) in [5.41, 5.74) is 1.57. The highest BCUT2D eigenvalue weighted by atomic mass is 19.1. The number of aromatic nitrogens is 4. The SMILES string of the molecule is C=CCNC(=O)C1(C)COC(c2nc(-c3ccc(F)cc3)c(-c3ccnc(NCCOC)n3)[nH]2)OC1. The number of nitrogens with one attached hydrogen (secondary N) is 3. The van der Waals surface area contributed by atoms with Gasteiger partial charge in [-0.25, -0.2) is 19.3 Å². The third kappa shape index (κ3) is 5.76. The van der Waals surface area contributed by atoms with Crippen LogP contribution in [0.2, 0.25) is 0 Å². The summed E-state index contributed by atoms with van der Waals surface area (Å²) in [5.74, 6) is 0.306. The van der Waals surface area contributed by atoms with Crippen LogP contribution in [0.15, 0.2) is 49.2 Å². The molecule has 1 fully saturated rings. The van der Waals surface area contributed by atoms with Crippen molar-refractivity contribution in [3.8, 4) is 22.6 Å². The second-order valence-electron chi connectivity index (χ2n) is 8.55. The van der Waals surface area contributed by atoms with Crippen LogP contribution in [0.4, 0.5) is 10.3 Å². The summed E-state index contributed by atoms with van der Waals surface area (Å²) in [6.45, 7) is 7.08. The van der Waals surface area contributed by atoms with Crippen molar-refractivity contribution in [2.75, 3.05) is 45.3 Å². The molecule has 190 valence electrons. The summed E-state index contributed by atoms with van der Waals surface area (Å²) >= 11 is 0. The van der Waals surface area contributed by atoms with Crippen LogP contribution in [-0.4, -0.2) is 65.9 Å². The average molecular weight is 497 g/mol. The first-order valence-corrected chi connectivity index (χ1v) is 11.5. The predicted molar refractivity (Wildman–Crippen MR) is 131 cm³/mol. The number of halogens is 1. The lowest BCUT2D eigenvalue weighted by atomic mass is 9.91. The van der Waals surface area contributed by atoms with Gasteiger partial charge in [0, 0.05) is 32.0 Å². The van der Waals surface area contributed by atoms with E-state index in [-0.39, 0.29) is 24.9 Å². The van der Waals surface area contributed by atoms with Crippen molar-refractivity contribution in [2.24, 2.45) is 5.41 Å². The van der Waals surface area contributed by atoms with Gasteiger partial charge in [0.25, 0.3) is 0 Å². The van der Waals surface area contributed by atoms with Crippen molar-refractivity contribution < 1.29 is 23.4 Å². The van der Waals surface area contributed by atoms with Gasteiger partial charge in [0.05, 0.1) is 42.3 Å². The van der Waals surface area contributed by atoms with Crippen molar-refractivity contribution in [1.82, 2.24) is 25.3 Å². The monoisotopic (exact) mass is 496 g/mol. The molecule has 0 spiro atoms. The molecule has 0 atom stereocenters. The van der Waals surface area contributed by atoms with Gasteiger partial charge in [-0.2, -0.15) is 0 Å². The number of ether oxygens (including phenoxy) is 3. The fraction of sp³-hybridized carbons (Fsp3) is 0.360. The molecule has 36 heavy (non-hydrogen) atoms. The maximum Gasteiger partial charge on any atom is 0.230 e. The Balaban J connectivity index is 1.61. The van der Waals surface area contributed by atoms with Gasteiger partial charge in [-0.05, 0) is 37.3 Å². The Morgan fingerprint density at radius 2 is 2.03 bits per heavy atom. The standard InChI is InChI=1S/C25H29FN6O4/c1-4-10-27-23(33)25(2)14-35-22(36-15-25)21-31-19(16-5-7-17(26)8-6-16)20(32-21)18-9-11-28-24(30-18)29-12-13-34-3/h4-9,11,22H,1,10,12-15H2,2-3H3,(H,27,33)(H,31,32)(H,28,29,30). The molecular weight excluding hydrogens is 467 g/mol. The van der Waals surface area contributed by atoms with E-state index in [0.717, 1.165) is 0 Å². The van der Waals surface area contributed by atoms with Crippen LogP contribution >= 0.6 is 0 Å². The van der Waals surface area contributed by atoms with Gasteiger partial charge in [0.2, 0.25) is 18.1 Å². The summed E-state index contributed by atoms with van der Waals surface area (Å²) in [5, 5.41) is 5.88. The lowest BCUT2D eigenvalue weighted by Crippen LogP contribution is -2.48. The minimum atomic E-state index is -0.843. The number of amides is 1. The van der Waals surface area contributed by atoms with Crippen LogP contribution < -0.4 is 10.6 Å². The van der Waals surface area contributed by atoms with E-state index in [9.17, 15) is 9.18 Å². The molecule has 0 unspecified atom stereocenters. The van der Waals surface area contributed by atoms with Gasteiger partial charge in [-0.3, -0.25) is 4.79 Å². The van der Waals surface area contributed by atoms with Gasteiger partial charge in [-0.15, -0.1) is 6.58 Å². The number of methoxy groups -OCH3 is 1. The topological polar surface area (TPSA) is 123 Å². The molecule has 1 aliphatic heterocycles. The van der Waals surface area contributed by atoms with Crippen molar-refractivity contribution in [3.05, 3.63) is 60.8 Å². The van der Waals surface area contributed by atoms with Crippen LogP contribution in [0.3, 0.4) is 0 Å². The van der Waals surface area contributed by atoms with Gasteiger partial charge in [-0.1, -0.05) is 6.08 Å². The molecule has 3 aromatic rings. The molecule has 1 saturated heterocycles. The summed E-state index contributed by atoms with van der Waals surface area (Å²) < 4.78 is 30.5. The van der Waals surface area contributed by atoms with Crippen LogP contribution in [-0.2, 0) is 19.0 Å². The van der Waals surface area contributed by atoms with E-state index in [1.165, 1.54) is 12.1 Å². The largest absolute Gasteiger partial charge is 0.383 e. The molecule has 0 bridgehead atoms. The number of aromatic amines is 1. The lowest BCUT2D eigenvalue weighted by molar-refractivity contribution is -0.230. The first-order chi connectivity index (χ1) is 17.4. The highest BCUT2D eigenvalue weighted by Gasteiger charge is 2.40. The van der Waals surface area contributed by atoms with E-state index in [1.807, 2.05) is 0 Å². The molecule has 0 saturated carbocycles. The molecule has 10 nitrogen and oxygen atoms in total. The summed E-state index contributed by atoms with van der Waals surface area (Å²) in [6.07, 6.45) is 2.42. The average Bonchev–Trinajstić information content (AvgIpc) is 3.34. The maximum atomic E-state index is 13.6. The maximum absolute atomic E-state index is 13.6. The number of H-pyrrole nitrogens is 1. The summed E-state index contributed by atoms with van der Waals surface area (Å²) in [7, 11) is 1.62. The molecule has 1 aliphatic rings. The molecule has 11 heteroatoms. The van der Waals surface area contributed by atoms with Crippen LogP contribution in [0.1, 0.15) is 19.0 Å². The third-order valence-corrected chi connectivity index (χ3v) is 5.63. The molecule has 1 amide bonds. The number of nitrogens with zero attached hydrogens (tertiary/aromatic N) is 3. The minimum absolute atomic E-state index is 0.142. The minimum Gasteiger partial charge on any atom is -0.383 e. The van der Waals surface area contributed by atoms with E-state index in [2.05, 4.69) is 32.2 Å². The molecule has 3 heterocycles. The number of benzene rings is 1. The van der Waals surface area contributed by atoms with Gasteiger partial charge >= 0.3 is 0 Å². The molecule has 1 aromatic carbocycles. The smallest absolute Gasteiger partial charge is 0.230 e. The lowest BCUT2D eigenvalue weighted by Gasteiger charge is -2.35. The van der Waals surface area contributed by atoms with Gasteiger partial charge in [0.1, 0.15) is 5.82 Å². The quantitative estimate of drug-likeness (QED) is 0.289. The van der Waals surface area contributed by atoms with Crippen LogP contribution in [0, 0.1) is 11.2 Å². The highest BCUT2D eigenvalue weighted by Crippen LogP contribution is 2.35. The first-order valence-electron chi connectivity index (χ1n) is 11.5. The van der Waals surface area contributed by atoms with Crippen molar-refractivity contribution in [3.63, 3.8) is 0 Å². The Kier molecular flexibility index (Phi) is 8.04.